The zero-order valence-corrected chi connectivity index (χ0v) is 12.1. The van der Waals surface area contributed by atoms with Crippen molar-refractivity contribution in [3.8, 4) is 0 Å². The zero-order chi connectivity index (χ0) is 13.1. The van der Waals surface area contributed by atoms with Crippen molar-refractivity contribution in [3.63, 3.8) is 0 Å². The van der Waals surface area contributed by atoms with Gasteiger partial charge in [-0.3, -0.25) is 0 Å². The first-order valence-electron chi connectivity index (χ1n) is 7.12. The van der Waals surface area contributed by atoms with Gasteiger partial charge < -0.3 is 10.6 Å². The first-order valence-corrected chi connectivity index (χ1v) is 7.12. The minimum atomic E-state index is 0.435. The van der Waals surface area contributed by atoms with Crippen LogP contribution in [0.5, 0.6) is 0 Å². The summed E-state index contributed by atoms with van der Waals surface area (Å²) in [4.78, 5) is 0. The van der Waals surface area contributed by atoms with Crippen molar-refractivity contribution in [2.45, 2.75) is 52.1 Å². The largest absolute Gasteiger partial charge is 0.312 e. The van der Waals surface area contributed by atoms with E-state index in [0.29, 0.717) is 12.1 Å². The van der Waals surface area contributed by atoms with Gasteiger partial charge in [0.25, 0.3) is 0 Å². The molecule has 1 aromatic rings. The molecule has 18 heavy (non-hydrogen) atoms. The predicted molar refractivity (Wildman–Crippen MR) is 78.1 cm³/mol. The molecule has 1 saturated heterocycles. The molecule has 1 aromatic carbocycles. The molecule has 0 aliphatic carbocycles. The van der Waals surface area contributed by atoms with Crippen molar-refractivity contribution in [2.75, 3.05) is 13.6 Å². The van der Waals surface area contributed by atoms with Crippen molar-refractivity contribution in [1.29, 1.82) is 0 Å². The van der Waals surface area contributed by atoms with Gasteiger partial charge in [0, 0.05) is 12.1 Å². The van der Waals surface area contributed by atoms with Gasteiger partial charge in [-0.05, 0) is 69.5 Å². The summed E-state index contributed by atoms with van der Waals surface area (Å²) in [5.74, 6) is 0. The monoisotopic (exact) mass is 246 g/mol. The molecule has 1 heterocycles. The van der Waals surface area contributed by atoms with Crippen LogP contribution in [0.15, 0.2) is 12.1 Å². The highest BCUT2D eigenvalue weighted by molar-refractivity contribution is 5.41. The second kappa shape index (κ2) is 5.85. The highest BCUT2D eigenvalue weighted by Crippen LogP contribution is 2.28. The second-order valence-corrected chi connectivity index (χ2v) is 5.54. The Balaban J connectivity index is 2.29. The average Bonchev–Trinajstić information content (AvgIpc) is 2.41. The summed E-state index contributed by atoms with van der Waals surface area (Å²) >= 11 is 0. The SMILES string of the molecule is CNC(c1ccc(C)c(C)c1C)C1CCCCN1. The molecule has 100 valence electrons. The number of benzene rings is 1. The van der Waals surface area contributed by atoms with Crippen LogP contribution in [-0.4, -0.2) is 19.6 Å². The Morgan fingerprint density at radius 3 is 2.56 bits per heavy atom. The van der Waals surface area contributed by atoms with Crippen LogP contribution in [0.4, 0.5) is 0 Å². The third-order valence-corrected chi connectivity index (χ3v) is 4.50. The molecular formula is C16H26N2. The van der Waals surface area contributed by atoms with Crippen LogP contribution < -0.4 is 10.6 Å². The van der Waals surface area contributed by atoms with Gasteiger partial charge in [-0.25, -0.2) is 0 Å². The summed E-state index contributed by atoms with van der Waals surface area (Å²) in [5.41, 5.74) is 5.73. The summed E-state index contributed by atoms with van der Waals surface area (Å²) in [6, 6.07) is 5.56. The summed E-state index contributed by atoms with van der Waals surface area (Å²) in [5, 5.41) is 7.18. The molecule has 0 radical (unpaired) electrons. The highest BCUT2D eigenvalue weighted by Gasteiger charge is 2.24. The molecule has 2 N–H and O–H groups in total. The Labute approximate surface area is 111 Å². The first-order chi connectivity index (χ1) is 8.65. The maximum absolute atomic E-state index is 3.67. The molecule has 2 nitrogen and oxygen atoms in total. The molecule has 1 aliphatic heterocycles. The van der Waals surface area contributed by atoms with Gasteiger partial charge in [-0.2, -0.15) is 0 Å². The Bertz CT molecular complexity index is 406. The van der Waals surface area contributed by atoms with Crippen LogP contribution in [0.2, 0.25) is 0 Å². The minimum absolute atomic E-state index is 0.435. The standard InChI is InChI=1S/C16H26N2/c1-11-8-9-14(13(3)12(11)2)16(17-4)15-7-5-6-10-18-15/h8-9,15-18H,5-7,10H2,1-4H3. The molecule has 0 saturated carbocycles. The van der Waals surface area contributed by atoms with E-state index in [4.69, 9.17) is 0 Å². The molecule has 1 aliphatic rings. The van der Waals surface area contributed by atoms with Crippen molar-refractivity contribution in [2.24, 2.45) is 0 Å². The molecule has 2 heteroatoms. The number of piperidine rings is 1. The Kier molecular flexibility index (Phi) is 4.41. The van der Waals surface area contributed by atoms with Crippen molar-refractivity contribution in [1.82, 2.24) is 10.6 Å². The molecule has 2 rings (SSSR count). The van der Waals surface area contributed by atoms with E-state index >= 15 is 0 Å². The van der Waals surface area contributed by atoms with Crippen LogP contribution in [0.3, 0.4) is 0 Å². The van der Waals surface area contributed by atoms with Crippen LogP contribution in [0.25, 0.3) is 0 Å². The number of nitrogens with one attached hydrogen (secondary N) is 2. The van der Waals surface area contributed by atoms with E-state index in [1.807, 2.05) is 0 Å². The molecule has 1 fully saturated rings. The predicted octanol–water partition coefficient (Wildman–Crippen LogP) is 3.01. The molecular weight excluding hydrogens is 220 g/mol. The van der Waals surface area contributed by atoms with E-state index in [1.165, 1.54) is 41.5 Å². The lowest BCUT2D eigenvalue weighted by molar-refractivity contribution is 0.326. The van der Waals surface area contributed by atoms with Gasteiger partial charge in [0.05, 0.1) is 0 Å². The Morgan fingerprint density at radius 1 is 1.17 bits per heavy atom. The fraction of sp³-hybridized carbons (Fsp3) is 0.625. The van der Waals surface area contributed by atoms with Gasteiger partial charge >= 0.3 is 0 Å². The van der Waals surface area contributed by atoms with E-state index in [1.54, 1.807) is 0 Å². The third-order valence-electron chi connectivity index (χ3n) is 4.50. The van der Waals surface area contributed by atoms with E-state index in [9.17, 15) is 0 Å². The Hall–Kier alpha value is -0.860. The minimum Gasteiger partial charge on any atom is -0.312 e. The van der Waals surface area contributed by atoms with Gasteiger partial charge in [0.2, 0.25) is 0 Å². The molecule has 0 bridgehead atoms. The first kappa shape index (κ1) is 13.6. The third kappa shape index (κ3) is 2.60. The van der Waals surface area contributed by atoms with Gasteiger partial charge in [-0.15, -0.1) is 0 Å². The molecule has 0 spiro atoms. The number of hydrogen-bond donors (Lipinski definition) is 2. The Morgan fingerprint density at radius 2 is 1.94 bits per heavy atom. The van der Waals surface area contributed by atoms with Crippen LogP contribution in [0.1, 0.15) is 47.6 Å². The number of aryl methyl sites for hydroxylation is 1. The zero-order valence-electron chi connectivity index (χ0n) is 12.1. The normalized spacial score (nSPS) is 21.9. The summed E-state index contributed by atoms with van der Waals surface area (Å²) in [7, 11) is 2.08. The number of likely N-dealkylation sites (N-methyl/N-ethyl adjacent to an activating group) is 1. The van der Waals surface area contributed by atoms with Gasteiger partial charge in [-0.1, -0.05) is 18.6 Å². The fourth-order valence-corrected chi connectivity index (χ4v) is 3.05. The smallest absolute Gasteiger partial charge is 0.0476 e. The van der Waals surface area contributed by atoms with Crippen molar-refractivity contribution >= 4 is 0 Å². The van der Waals surface area contributed by atoms with Crippen LogP contribution in [0, 0.1) is 20.8 Å². The lowest BCUT2D eigenvalue weighted by atomic mass is 9.88. The lowest BCUT2D eigenvalue weighted by Gasteiger charge is -2.33. The molecule has 0 aromatic heterocycles. The van der Waals surface area contributed by atoms with Crippen LogP contribution >= 0.6 is 0 Å². The van der Waals surface area contributed by atoms with E-state index in [0.717, 1.165) is 6.54 Å². The second-order valence-electron chi connectivity index (χ2n) is 5.54. The molecule has 0 amide bonds. The summed E-state index contributed by atoms with van der Waals surface area (Å²) in [6.45, 7) is 7.84. The molecule has 2 atom stereocenters. The van der Waals surface area contributed by atoms with Gasteiger partial charge in [0.15, 0.2) is 0 Å². The number of hydrogen-bond acceptors (Lipinski definition) is 2. The van der Waals surface area contributed by atoms with Gasteiger partial charge in [0.1, 0.15) is 0 Å². The average molecular weight is 246 g/mol. The van der Waals surface area contributed by atoms with Crippen LogP contribution in [-0.2, 0) is 0 Å². The topological polar surface area (TPSA) is 24.1 Å². The van der Waals surface area contributed by atoms with E-state index < -0.39 is 0 Å². The van der Waals surface area contributed by atoms with E-state index in [-0.39, 0.29) is 0 Å². The fourth-order valence-electron chi connectivity index (χ4n) is 3.05. The molecule has 2 unspecified atom stereocenters. The van der Waals surface area contributed by atoms with Crippen molar-refractivity contribution < 1.29 is 0 Å². The highest BCUT2D eigenvalue weighted by atomic mass is 15.0. The lowest BCUT2D eigenvalue weighted by Crippen LogP contribution is -2.43. The van der Waals surface area contributed by atoms with Crippen molar-refractivity contribution in [3.05, 3.63) is 34.4 Å². The summed E-state index contributed by atoms with van der Waals surface area (Å²) in [6.07, 6.45) is 3.94. The quantitative estimate of drug-likeness (QED) is 0.856. The maximum Gasteiger partial charge on any atom is 0.0476 e. The maximum atomic E-state index is 3.67. The number of rotatable bonds is 3. The van der Waals surface area contributed by atoms with E-state index in [2.05, 4.69) is 50.6 Å². The summed E-state index contributed by atoms with van der Waals surface area (Å²) < 4.78 is 0.